The van der Waals surface area contributed by atoms with E-state index in [9.17, 15) is 0 Å². The van der Waals surface area contributed by atoms with Crippen LogP contribution in [0.3, 0.4) is 0 Å². The molecule has 0 aliphatic rings. The van der Waals surface area contributed by atoms with E-state index in [2.05, 4.69) is 23.9 Å². The number of thiocarbonyl (C=S) groups is 1. The van der Waals surface area contributed by atoms with E-state index in [0.29, 0.717) is 5.69 Å². The normalized spacial score (nSPS) is 10.6. The number of aryl methyl sites for hydroxylation is 1. The van der Waals surface area contributed by atoms with E-state index in [0.717, 1.165) is 23.5 Å². The highest BCUT2D eigenvalue weighted by atomic mass is 32.1. The molecule has 0 saturated heterocycles. The van der Waals surface area contributed by atoms with Gasteiger partial charge in [-0.15, -0.1) is 0 Å². The first-order valence-electron chi connectivity index (χ1n) is 5.86. The fourth-order valence-electron chi connectivity index (χ4n) is 2.18. The van der Waals surface area contributed by atoms with Crippen LogP contribution in [0.4, 0.5) is 0 Å². The second kappa shape index (κ2) is 4.86. The molecule has 2 aromatic rings. The summed E-state index contributed by atoms with van der Waals surface area (Å²) >= 11 is 5.04. The number of hydrogen-bond donors (Lipinski definition) is 1. The van der Waals surface area contributed by atoms with Crippen LogP contribution in [0.5, 0.6) is 0 Å². The van der Waals surface area contributed by atoms with Crippen molar-refractivity contribution in [3.8, 4) is 5.69 Å². The molecule has 0 bridgehead atoms. The second-order valence-electron chi connectivity index (χ2n) is 4.15. The van der Waals surface area contributed by atoms with Crippen molar-refractivity contribution in [3.63, 3.8) is 0 Å². The molecule has 18 heavy (non-hydrogen) atoms. The van der Waals surface area contributed by atoms with E-state index in [4.69, 9.17) is 18.0 Å². The molecule has 94 valence electrons. The summed E-state index contributed by atoms with van der Waals surface area (Å²) in [6.45, 7) is 6.19. The Bertz CT molecular complexity index is 601. The second-order valence-corrected chi connectivity index (χ2v) is 4.59. The highest BCUT2D eigenvalue weighted by Gasteiger charge is 2.15. The molecule has 0 saturated carbocycles. The quantitative estimate of drug-likeness (QED) is 0.858. The summed E-state index contributed by atoms with van der Waals surface area (Å²) in [6, 6.07) is 3.79. The van der Waals surface area contributed by atoms with Crippen LogP contribution in [0.1, 0.15) is 29.6 Å². The van der Waals surface area contributed by atoms with Crippen LogP contribution in [0.15, 0.2) is 18.3 Å². The Morgan fingerprint density at radius 1 is 1.44 bits per heavy atom. The van der Waals surface area contributed by atoms with Crippen molar-refractivity contribution in [2.45, 2.75) is 27.2 Å². The molecular formula is C13H16N4S. The molecule has 0 unspecified atom stereocenters. The Kier molecular flexibility index (Phi) is 3.43. The highest BCUT2D eigenvalue weighted by molar-refractivity contribution is 7.80. The summed E-state index contributed by atoms with van der Waals surface area (Å²) in [7, 11) is 0. The van der Waals surface area contributed by atoms with Crippen LogP contribution in [0.25, 0.3) is 5.69 Å². The number of nitrogens with zero attached hydrogens (tertiary/aromatic N) is 3. The van der Waals surface area contributed by atoms with Gasteiger partial charge in [0.2, 0.25) is 0 Å². The molecule has 0 amide bonds. The Morgan fingerprint density at radius 3 is 2.72 bits per heavy atom. The van der Waals surface area contributed by atoms with Crippen molar-refractivity contribution in [1.82, 2.24) is 14.8 Å². The van der Waals surface area contributed by atoms with Crippen molar-refractivity contribution < 1.29 is 0 Å². The number of hydrogen-bond acceptors (Lipinski definition) is 3. The predicted molar refractivity (Wildman–Crippen MR) is 76.1 cm³/mol. The summed E-state index contributed by atoms with van der Waals surface area (Å²) in [5.74, 6) is 0. The van der Waals surface area contributed by atoms with Crippen LogP contribution in [-0.2, 0) is 6.42 Å². The number of aromatic nitrogens is 3. The fraction of sp³-hybridized carbons (Fsp3) is 0.308. The molecule has 5 heteroatoms. The van der Waals surface area contributed by atoms with Gasteiger partial charge in [-0.1, -0.05) is 19.1 Å². The van der Waals surface area contributed by atoms with Crippen molar-refractivity contribution in [2.24, 2.45) is 5.73 Å². The SMILES string of the molecule is CCc1c(C)nn(-c2cccnc2C(N)=S)c1C. The standard InChI is InChI=1S/C13H16N4S/c1-4-10-8(2)16-17(9(10)3)11-6-5-7-15-12(11)13(14)18/h5-7H,4H2,1-3H3,(H2,14,18). The molecule has 0 aliphatic heterocycles. The van der Waals surface area contributed by atoms with Gasteiger partial charge in [0.05, 0.1) is 11.4 Å². The molecule has 2 rings (SSSR count). The maximum Gasteiger partial charge on any atom is 0.124 e. The third-order valence-electron chi connectivity index (χ3n) is 3.04. The summed E-state index contributed by atoms with van der Waals surface area (Å²) in [4.78, 5) is 4.52. The largest absolute Gasteiger partial charge is 0.388 e. The lowest BCUT2D eigenvalue weighted by molar-refractivity contribution is 0.825. The average molecular weight is 260 g/mol. The van der Waals surface area contributed by atoms with Gasteiger partial charge < -0.3 is 5.73 Å². The lowest BCUT2D eigenvalue weighted by Crippen LogP contribution is -2.16. The molecule has 0 atom stereocenters. The van der Waals surface area contributed by atoms with Crippen molar-refractivity contribution in [3.05, 3.63) is 41.0 Å². The zero-order valence-corrected chi connectivity index (χ0v) is 11.6. The van der Waals surface area contributed by atoms with Crippen LogP contribution in [0.2, 0.25) is 0 Å². The molecule has 2 aromatic heterocycles. The van der Waals surface area contributed by atoms with Crippen LogP contribution < -0.4 is 5.73 Å². The first-order chi connectivity index (χ1) is 8.56. The monoisotopic (exact) mass is 260 g/mol. The van der Waals surface area contributed by atoms with E-state index in [1.54, 1.807) is 6.20 Å². The van der Waals surface area contributed by atoms with Crippen LogP contribution >= 0.6 is 12.2 Å². The van der Waals surface area contributed by atoms with Gasteiger partial charge in [-0.25, -0.2) is 4.68 Å². The van der Waals surface area contributed by atoms with E-state index < -0.39 is 0 Å². The van der Waals surface area contributed by atoms with Gasteiger partial charge in [0, 0.05) is 11.9 Å². The number of pyridine rings is 1. The highest BCUT2D eigenvalue weighted by Crippen LogP contribution is 2.19. The van der Waals surface area contributed by atoms with Crippen molar-refractivity contribution in [2.75, 3.05) is 0 Å². The zero-order chi connectivity index (χ0) is 13.3. The van der Waals surface area contributed by atoms with Crippen molar-refractivity contribution >= 4 is 17.2 Å². The molecule has 0 fully saturated rings. The van der Waals surface area contributed by atoms with Gasteiger partial charge >= 0.3 is 0 Å². The first-order valence-corrected chi connectivity index (χ1v) is 6.27. The van der Waals surface area contributed by atoms with E-state index in [1.807, 2.05) is 23.7 Å². The van der Waals surface area contributed by atoms with Gasteiger partial charge in [0.1, 0.15) is 10.7 Å². The molecule has 0 aromatic carbocycles. The maximum atomic E-state index is 5.71. The molecule has 0 spiro atoms. The van der Waals surface area contributed by atoms with Crippen LogP contribution in [0, 0.1) is 13.8 Å². The Morgan fingerprint density at radius 2 is 2.17 bits per heavy atom. The van der Waals surface area contributed by atoms with E-state index >= 15 is 0 Å². The predicted octanol–water partition coefficient (Wildman–Crippen LogP) is 2.08. The van der Waals surface area contributed by atoms with Gasteiger partial charge in [-0.05, 0) is 38.0 Å². The molecule has 2 N–H and O–H groups in total. The molecule has 4 nitrogen and oxygen atoms in total. The minimum Gasteiger partial charge on any atom is -0.388 e. The lowest BCUT2D eigenvalue weighted by Gasteiger charge is -2.09. The Balaban J connectivity index is 2.66. The summed E-state index contributed by atoms with van der Waals surface area (Å²) in [5.41, 5.74) is 10.6. The Hall–Kier alpha value is -1.75. The van der Waals surface area contributed by atoms with E-state index in [-0.39, 0.29) is 4.99 Å². The van der Waals surface area contributed by atoms with Gasteiger partial charge in [0.25, 0.3) is 0 Å². The zero-order valence-electron chi connectivity index (χ0n) is 10.8. The van der Waals surface area contributed by atoms with E-state index in [1.165, 1.54) is 5.56 Å². The topological polar surface area (TPSA) is 56.7 Å². The average Bonchev–Trinajstić information content (AvgIpc) is 2.64. The third kappa shape index (κ3) is 2.01. The third-order valence-corrected chi connectivity index (χ3v) is 3.24. The smallest absolute Gasteiger partial charge is 0.124 e. The molecule has 0 radical (unpaired) electrons. The molecule has 2 heterocycles. The van der Waals surface area contributed by atoms with Gasteiger partial charge in [-0.2, -0.15) is 5.10 Å². The number of rotatable bonds is 3. The maximum absolute atomic E-state index is 5.71. The molecule has 0 aliphatic carbocycles. The van der Waals surface area contributed by atoms with Gasteiger partial charge in [0.15, 0.2) is 0 Å². The summed E-state index contributed by atoms with van der Waals surface area (Å²) < 4.78 is 1.87. The first kappa shape index (κ1) is 12.7. The summed E-state index contributed by atoms with van der Waals surface area (Å²) in [5, 5.41) is 4.56. The lowest BCUT2D eigenvalue weighted by atomic mass is 10.1. The van der Waals surface area contributed by atoms with Crippen molar-refractivity contribution in [1.29, 1.82) is 0 Å². The van der Waals surface area contributed by atoms with Gasteiger partial charge in [-0.3, -0.25) is 4.98 Å². The Labute approximate surface area is 112 Å². The fourth-order valence-corrected chi connectivity index (χ4v) is 2.34. The number of nitrogens with two attached hydrogens (primary N) is 1. The summed E-state index contributed by atoms with van der Waals surface area (Å²) in [6.07, 6.45) is 2.64. The molecular weight excluding hydrogens is 244 g/mol. The minimum absolute atomic E-state index is 0.288. The minimum atomic E-state index is 0.288. The van der Waals surface area contributed by atoms with Crippen LogP contribution in [-0.4, -0.2) is 19.8 Å².